The first-order chi connectivity index (χ1) is 10.5. The summed E-state index contributed by atoms with van der Waals surface area (Å²) in [4.78, 5) is 25.9. The van der Waals surface area contributed by atoms with Crippen molar-refractivity contribution in [2.24, 2.45) is 0 Å². The summed E-state index contributed by atoms with van der Waals surface area (Å²) in [6.45, 7) is 0.790. The first-order valence-corrected chi connectivity index (χ1v) is 7.82. The Hall–Kier alpha value is -1.82. The van der Waals surface area contributed by atoms with E-state index in [4.69, 9.17) is 4.42 Å². The molecule has 2 amide bonds. The number of nitrogens with one attached hydrogen (secondary N) is 1. The number of carbonyl (C=O) groups is 2. The molecular formula is C16H22N2O4. The van der Waals surface area contributed by atoms with Gasteiger partial charge in [-0.05, 0) is 31.7 Å². The number of furan rings is 1. The average Bonchev–Trinajstić information content (AvgIpc) is 3.23. The second-order valence-electron chi connectivity index (χ2n) is 6.38. The third-order valence-electron chi connectivity index (χ3n) is 4.48. The van der Waals surface area contributed by atoms with Gasteiger partial charge in [-0.2, -0.15) is 0 Å². The molecule has 6 nitrogen and oxygen atoms in total. The molecule has 1 aliphatic carbocycles. The van der Waals surface area contributed by atoms with Crippen LogP contribution in [0.4, 0.5) is 0 Å². The number of aliphatic hydroxyl groups is 1. The fourth-order valence-electron chi connectivity index (χ4n) is 3.15. The number of piperidine rings is 1. The normalized spacial score (nSPS) is 25.1. The molecule has 0 radical (unpaired) electrons. The average molecular weight is 306 g/mol. The molecule has 2 fully saturated rings. The van der Waals surface area contributed by atoms with Crippen molar-refractivity contribution in [3.63, 3.8) is 0 Å². The van der Waals surface area contributed by atoms with Crippen LogP contribution >= 0.6 is 0 Å². The van der Waals surface area contributed by atoms with Gasteiger partial charge in [0, 0.05) is 19.5 Å². The maximum atomic E-state index is 12.7. The van der Waals surface area contributed by atoms with E-state index >= 15 is 0 Å². The summed E-state index contributed by atoms with van der Waals surface area (Å²) in [7, 11) is 1.55. The third kappa shape index (κ3) is 3.02. The molecule has 3 rings (SSSR count). The predicted molar refractivity (Wildman–Crippen MR) is 79.5 cm³/mol. The molecule has 0 bridgehead atoms. The molecule has 0 aromatic carbocycles. The maximum absolute atomic E-state index is 12.7. The van der Waals surface area contributed by atoms with Crippen LogP contribution in [0, 0.1) is 0 Å². The number of rotatable bonds is 4. The quantitative estimate of drug-likeness (QED) is 0.877. The van der Waals surface area contributed by atoms with Crippen LogP contribution in [0.3, 0.4) is 0 Å². The standard InChI is InChI=1S/C16H22N2O4/c1-17-13(19)9-16(21)6-2-7-18(10-16)15(20)12-5-8-22-14(12)11-3-4-11/h5,8,11,21H,2-4,6-7,9-10H2,1H3,(H,17,19). The van der Waals surface area contributed by atoms with Gasteiger partial charge in [0.15, 0.2) is 0 Å². The van der Waals surface area contributed by atoms with Gasteiger partial charge in [-0.15, -0.1) is 0 Å². The van der Waals surface area contributed by atoms with E-state index in [-0.39, 0.29) is 24.8 Å². The molecule has 1 unspecified atom stereocenters. The highest BCUT2D eigenvalue weighted by atomic mass is 16.3. The monoisotopic (exact) mass is 306 g/mol. The number of hydrogen-bond donors (Lipinski definition) is 2. The van der Waals surface area contributed by atoms with E-state index in [0.29, 0.717) is 30.9 Å². The summed E-state index contributed by atoms with van der Waals surface area (Å²) < 4.78 is 5.46. The lowest BCUT2D eigenvalue weighted by atomic mass is 9.89. The summed E-state index contributed by atoms with van der Waals surface area (Å²) in [6, 6.07) is 1.71. The van der Waals surface area contributed by atoms with Gasteiger partial charge in [0.25, 0.3) is 5.91 Å². The zero-order valence-corrected chi connectivity index (χ0v) is 12.8. The van der Waals surface area contributed by atoms with Crippen LogP contribution in [0.2, 0.25) is 0 Å². The number of β-amino-alcohol motifs (C(OH)–C–C–N with tert-alkyl or cyclic N) is 1. The number of hydrogen-bond acceptors (Lipinski definition) is 4. The van der Waals surface area contributed by atoms with Crippen LogP contribution in [0.25, 0.3) is 0 Å². The van der Waals surface area contributed by atoms with Crippen molar-refractivity contribution in [2.75, 3.05) is 20.1 Å². The lowest BCUT2D eigenvalue weighted by Gasteiger charge is -2.38. The van der Waals surface area contributed by atoms with E-state index < -0.39 is 5.60 Å². The minimum absolute atomic E-state index is 0.0220. The molecule has 22 heavy (non-hydrogen) atoms. The molecule has 1 aliphatic heterocycles. The molecule has 1 saturated carbocycles. The van der Waals surface area contributed by atoms with Gasteiger partial charge in [-0.1, -0.05) is 0 Å². The summed E-state index contributed by atoms with van der Waals surface area (Å²) in [5.41, 5.74) is -0.538. The van der Waals surface area contributed by atoms with Gasteiger partial charge >= 0.3 is 0 Å². The van der Waals surface area contributed by atoms with Crippen molar-refractivity contribution >= 4 is 11.8 Å². The lowest BCUT2D eigenvalue weighted by molar-refractivity contribution is -0.127. The fraction of sp³-hybridized carbons (Fsp3) is 0.625. The highest BCUT2D eigenvalue weighted by molar-refractivity contribution is 5.95. The van der Waals surface area contributed by atoms with Crippen LogP contribution < -0.4 is 5.32 Å². The van der Waals surface area contributed by atoms with Crippen LogP contribution in [-0.2, 0) is 4.79 Å². The van der Waals surface area contributed by atoms with Gasteiger partial charge in [0.05, 0.1) is 30.4 Å². The molecule has 6 heteroatoms. The largest absolute Gasteiger partial charge is 0.468 e. The Morgan fingerprint density at radius 3 is 2.95 bits per heavy atom. The molecule has 1 saturated heterocycles. The van der Waals surface area contributed by atoms with Gasteiger partial charge in [0.2, 0.25) is 5.91 Å². The smallest absolute Gasteiger partial charge is 0.257 e. The van der Waals surface area contributed by atoms with Gasteiger partial charge in [0.1, 0.15) is 5.76 Å². The molecule has 2 aliphatic rings. The number of amides is 2. The number of nitrogens with zero attached hydrogens (tertiary/aromatic N) is 1. The van der Waals surface area contributed by atoms with Crippen molar-refractivity contribution in [1.29, 1.82) is 0 Å². The van der Waals surface area contributed by atoms with E-state index in [1.54, 1.807) is 24.3 Å². The Labute approximate surface area is 129 Å². The van der Waals surface area contributed by atoms with Crippen LogP contribution in [0.5, 0.6) is 0 Å². The Morgan fingerprint density at radius 2 is 2.27 bits per heavy atom. The molecule has 0 spiro atoms. The molecule has 2 N–H and O–H groups in total. The van der Waals surface area contributed by atoms with E-state index in [2.05, 4.69) is 5.32 Å². The van der Waals surface area contributed by atoms with Crippen LogP contribution in [-0.4, -0.2) is 47.6 Å². The molecule has 2 heterocycles. The summed E-state index contributed by atoms with van der Waals surface area (Å²) >= 11 is 0. The van der Waals surface area contributed by atoms with Gasteiger partial charge < -0.3 is 19.7 Å². The van der Waals surface area contributed by atoms with Crippen molar-refractivity contribution < 1.29 is 19.1 Å². The molecule has 1 aromatic heterocycles. The second kappa shape index (κ2) is 5.76. The summed E-state index contributed by atoms with van der Waals surface area (Å²) in [5.74, 6) is 0.818. The summed E-state index contributed by atoms with van der Waals surface area (Å²) in [6.07, 6.45) is 4.93. The molecular weight excluding hydrogens is 284 g/mol. The number of carbonyl (C=O) groups excluding carboxylic acids is 2. The molecule has 1 aromatic rings. The number of likely N-dealkylation sites (tertiary alicyclic amines) is 1. The van der Waals surface area contributed by atoms with E-state index in [0.717, 1.165) is 18.6 Å². The highest BCUT2D eigenvalue weighted by Crippen LogP contribution is 2.42. The topological polar surface area (TPSA) is 82.8 Å². The van der Waals surface area contributed by atoms with Crippen molar-refractivity contribution in [1.82, 2.24) is 10.2 Å². The SMILES string of the molecule is CNC(=O)CC1(O)CCCN(C(=O)c2ccoc2C2CC2)C1. The lowest BCUT2D eigenvalue weighted by Crippen LogP contribution is -2.52. The Balaban J connectivity index is 1.72. The second-order valence-corrected chi connectivity index (χ2v) is 6.38. The first kappa shape index (κ1) is 15.1. The van der Waals surface area contributed by atoms with Crippen molar-refractivity contribution in [2.45, 2.75) is 43.6 Å². The highest BCUT2D eigenvalue weighted by Gasteiger charge is 2.39. The first-order valence-electron chi connectivity index (χ1n) is 7.82. The molecule has 1 atom stereocenters. The van der Waals surface area contributed by atoms with E-state index in [1.165, 1.54) is 0 Å². The van der Waals surface area contributed by atoms with E-state index in [1.807, 2.05) is 0 Å². The Bertz CT molecular complexity index is 578. The van der Waals surface area contributed by atoms with Gasteiger partial charge in [-0.25, -0.2) is 0 Å². The Morgan fingerprint density at radius 1 is 1.50 bits per heavy atom. The van der Waals surface area contributed by atoms with Crippen LogP contribution in [0.15, 0.2) is 16.7 Å². The zero-order chi connectivity index (χ0) is 15.7. The summed E-state index contributed by atoms with van der Waals surface area (Å²) in [5, 5.41) is 13.1. The minimum Gasteiger partial charge on any atom is -0.468 e. The zero-order valence-electron chi connectivity index (χ0n) is 12.8. The van der Waals surface area contributed by atoms with Crippen molar-refractivity contribution in [3.8, 4) is 0 Å². The Kier molecular flexibility index (Phi) is 3.95. The van der Waals surface area contributed by atoms with Gasteiger partial charge in [-0.3, -0.25) is 9.59 Å². The minimum atomic E-state index is -1.14. The molecule has 120 valence electrons. The predicted octanol–water partition coefficient (Wildman–Crippen LogP) is 1.26. The maximum Gasteiger partial charge on any atom is 0.257 e. The fourth-order valence-corrected chi connectivity index (χ4v) is 3.15. The van der Waals surface area contributed by atoms with Crippen molar-refractivity contribution in [3.05, 3.63) is 23.7 Å². The van der Waals surface area contributed by atoms with Crippen LogP contribution in [0.1, 0.15) is 54.1 Å². The third-order valence-corrected chi connectivity index (χ3v) is 4.48. The van der Waals surface area contributed by atoms with E-state index in [9.17, 15) is 14.7 Å².